The predicted octanol–water partition coefficient (Wildman–Crippen LogP) is 1.71. The Morgan fingerprint density at radius 2 is 1.92 bits per heavy atom. The zero-order valence-corrected chi connectivity index (χ0v) is 14.9. The summed E-state index contributed by atoms with van der Waals surface area (Å²) in [6, 6.07) is 8.05. The van der Waals surface area contributed by atoms with Crippen LogP contribution in [0, 0.1) is 12.8 Å². The van der Waals surface area contributed by atoms with E-state index in [9.17, 15) is 14.4 Å². The number of aliphatic carboxylic acids is 1. The van der Waals surface area contributed by atoms with Crippen LogP contribution in [-0.4, -0.2) is 59.4 Å². The molecular weight excluding hydrogens is 320 g/mol. The van der Waals surface area contributed by atoms with Crippen molar-refractivity contribution in [3.05, 3.63) is 35.4 Å². The van der Waals surface area contributed by atoms with Crippen molar-refractivity contribution in [2.24, 2.45) is 5.92 Å². The number of carbonyl (C=O) groups excluding carboxylic acids is 2. The maximum Gasteiger partial charge on any atom is 0.306 e. The molecule has 0 radical (unpaired) electrons. The number of rotatable bonds is 6. The Morgan fingerprint density at radius 1 is 1.24 bits per heavy atom. The van der Waals surface area contributed by atoms with E-state index in [0.29, 0.717) is 38.8 Å². The molecule has 6 nitrogen and oxygen atoms in total. The van der Waals surface area contributed by atoms with Gasteiger partial charge in [-0.1, -0.05) is 29.8 Å². The number of nitrogens with zero attached hydrogens (tertiary/aromatic N) is 2. The first-order valence-corrected chi connectivity index (χ1v) is 8.67. The first-order chi connectivity index (χ1) is 11.9. The molecule has 1 fully saturated rings. The van der Waals surface area contributed by atoms with Gasteiger partial charge >= 0.3 is 5.97 Å². The van der Waals surface area contributed by atoms with Crippen LogP contribution in [0.1, 0.15) is 30.4 Å². The van der Waals surface area contributed by atoms with Gasteiger partial charge in [0.2, 0.25) is 11.8 Å². The molecular formula is C19H26N2O4. The molecule has 2 amide bonds. The van der Waals surface area contributed by atoms with Crippen LogP contribution in [0.2, 0.25) is 0 Å². The molecule has 0 unspecified atom stereocenters. The van der Waals surface area contributed by atoms with Crippen molar-refractivity contribution >= 4 is 17.8 Å². The van der Waals surface area contributed by atoms with Crippen molar-refractivity contribution in [1.82, 2.24) is 9.80 Å². The lowest BCUT2D eigenvalue weighted by atomic mass is 9.97. The molecule has 25 heavy (non-hydrogen) atoms. The van der Waals surface area contributed by atoms with Crippen LogP contribution in [0.5, 0.6) is 0 Å². The summed E-state index contributed by atoms with van der Waals surface area (Å²) < 4.78 is 0. The van der Waals surface area contributed by atoms with Crippen molar-refractivity contribution < 1.29 is 19.5 Å². The number of carboxylic acids is 1. The predicted molar refractivity (Wildman–Crippen MR) is 94.1 cm³/mol. The minimum atomic E-state index is -0.796. The summed E-state index contributed by atoms with van der Waals surface area (Å²) in [5, 5.41) is 9.00. The molecule has 1 aliphatic rings. The van der Waals surface area contributed by atoms with Crippen LogP contribution in [0.25, 0.3) is 0 Å². The van der Waals surface area contributed by atoms with Gasteiger partial charge in [-0.15, -0.1) is 0 Å². The Balaban J connectivity index is 1.76. The molecule has 1 heterocycles. The number of likely N-dealkylation sites (tertiary alicyclic amines) is 1. The Kier molecular flexibility index (Phi) is 6.56. The summed E-state index contributed by atoms with van der Waals surface area (Å²) in [5.74, 6) is -1.33. The summed E-state index contributed by atoms with van der Waals surface area (Å²) in [4.78, 5) is 38.6. The monoisotopic (exact) mass is 346 g/mol. The number of piperidine rings is 1. The number of hydrogen-bond acceptors (Lipinski definition) is 3. The van der Waals surface area contributed by atoms with Crippen LogP contribution >= 0.6 is 0 Å². The lowest BCUT2D eigenvalue weighted by Crippen LogP contribution is -2.45. The number of likely N-dealkylation sites (N-methyl/N-ethyl adjacent to an activating group) is 1. The van der Waals surface area contributed by atoms with E-state index in [2.05, 4.69) is 6.07 Å². The summed E-state index contributed by atoms with van der Waals surface area (Å²) in [5.41, 5.74) is 2.28. The first kappa shape index (κ1) is 19.0. The van der Waals surface area contributed by atoms with E-state index in [4.69, 9.17) is 5.11 Å². The van der Waals surface area contributed by atoms with Gasteiger partial charge < -0.3 is 14.9 Å². The highest BCUT2D eigenvalue weighted by molar-refractivity contribution is 5.85. The molecule has 0 spiro atoms. The molecule has 0 aromatic heterocycles. The minimum Gasteiger partial charge on any atom is -0.481 e. The van der Waals surface area contributed by atoms with Crippen molar-refractivity contribution in [3.8, 4) is 0 Å². The molecule has 1 aromatic carbocycles. The lowest BCUT2D eigenvalue weighted by Gasteiger charge is -2.31. The van der Waals surface area contributed by atoms with E-state index in [1.54, 1.807) is 11.9 Å². The quantitative estimate of drug-likeness (QED) is 0.851. The third-order valence-electron chi connectivity index (χ3n) is 4.71. The van der Waals surface area contributed by atoms with Gasteiger partial charge in [0, 0.05) is 26.6 Å². The molecule has 0 aliphatic carbocycles. The SMILES string of the molecule is Cc1cccc(CCC(=O)N(C)CC(=O)N2CCC(C(=O)O)CC2)c1. The van der Waals surface area contributed by atoms with Crippen molar-refractivity contribution in [2.45, 2.75) is 32.6 Å². The van der Waals surface area contributed by atoms with Crippen molar-refractivity contribution in [2.75, 3.05) is 26.7 Å². The number of benzene rings is 1. The van der Waals surface area contributed by atoms with Gasteiger partial charge in [-0.05, 0) is 31.7 Å². The Bertz CT molecular complexity index is 636. The fourth-order valence-electron chi connectivity index (χ4n) is 3.08. The second-order valence-corrected chi connectivity index (χ2v) is 6.73. The number of amides is 2. The van der Waals surface area contributed by atoms with E-state index in [-0.39, 0.29) is 24.3 Å². The smallest absolute Gasteiger partial charge is 0.306 e. The van der Waals surface area contributed by atoms with E-state index in [1.807, 2.05) is 25.1 Å². The van der Waals surface area contributed by atoms with Crippen LogP contribution in [0.4, 0.5) is 0 Å². The molecule has 0 atom stereocenters. The van der Waals surface area contributed by atoms with Gasteiger partial charge in [0.15, 0.2) is 0 Å². The minimum absolute atomic E-state index is 0.0460. The van der Waals surface area contributed by atoms with Crippen LogP contribution in [0.15, 0.2) is 24.3 Å². The molecule has 1 saturated heterocycles. The van der Waals surface area contributed by atoms with Crippen LogP contribution in [-0.2, 0) is 20.8 Å². The number of aryl methyl sites for hydroxylation is 2. The Hall–Kier alpha value is -2.37. The molecule has 0 saturated carbocycles. The topological polar surface area (TPSA) is 77.9 Å². The average molecular weight is 346 g/mol. The Morgan fingerprint density at radius 3 is 2.52 bits per heavy atom. The first-order valence-electron chi connectivity index (χ1n) is 8.67. The van der Waals surface area contributed by atoms with Gasteiger partial charge in [0.05, 0.1) is 12.5 Å². The third kappa shape index (κ3) is 5.59. The highest BCUT2D eigenvalue weighted by Gasteiger charge is 2.27. The fourth-order valence-corrected chi connectivity index (χ4v) is 3.08. The zero-order chi connectivity index (χ0) is 18.4. The standard InChI is InChI=1S/C19H26N2O4/c1-14-4-3-5-15(12-14)6-7-17(22)20(2)13-18(23)21-10-8-16(9-11-21)19(24)25/h3-5,12,16H,6-11,13H2,1-2H3,(H,24,25). The van der Waals surface area contributed by atoms with Crippen molar-refractivity contribution in [3.63, 3.8) is 0 Å². The molecule has 1 aromatic rings. The van der Waals surface area contributed by atoms with E-state index in [0.717, 1.165) is 5.56 Å². The zero-order valence-electron chi connectivity index (χ0n) is 14.9. The van der Waals surface area contributed by atoms with Gasteiger partial charge in [0.25, 0.3) is 0 Å². The largest absolute Gasteiger partial charge is 0.481 e. The molecule has 2 rings (SSSR count). The Labute approximate surface area is 148 Å². The fraction of sp³-hybridized carbons (Fsp3) is 0.526. The summed E-state index contributed by atoms with van der Waals surface area (Å²) in [6.45, 7) is 2.95. The molecule has 136 valence electrons. The maximum absolute atomic E-state index is 12.3. The second-order valence-electron chi connectivity index (χ2n) is 6.73. The summed E-state index contributed by atoms with van der Waals surface area (Å²) >= 11 is 0. The summed E-state index contributed by atoms with van der Waals surface area (Å²) in [6.07, 6.45) is 1.98. The molecule has 0 bridgehead atoms. The highest BCUT2D eigenvalue weighted by Crippen LogP contribution is 2.17. The lowest BCUT2D eigenvalue weighted by molar-refractivity contribution is -0.146. The van der Waals surface area contributed by atoms with Crippen LogP contribution < -0.4 is 0 Å². The third-order valence-corrected chi connectivity index (χ3v) is 4.71. The van der Waals surface area contributed by atoms with Gasteiger partial charge in [-0.3, -0.25) is 14.4 Å². The maximum atomic E-state index is 12.3. The molecule has 6 heteroatoms. The van der Waals surface area contributed by atoms with E-state index >= 15 is 0 Å². The summed E-state index contributed by atoms with van der Waals surface area (Å²) in [7, 11) is 1.64. The second kappa shape index (κ2) is 8.65. The van der Waals surface area contributed by atoms with E-state index < -0.39 is 5.97 Å². The number of carboxylic acid groups (broad SMARTS) is 1. The average Bonchev–Trinajstić information content (AvgIpc) is 2.59. The molecule has 1 aliphatic heterocycles. The van der Waals surface area contributed by atoms with Gasteiger partial charge in [0.1, 0.15) is 0 Å². The van der Waals surface area contributed by atoms with E-state index in [1.165, 1.54) is 10.5 Å². The normalized spacial score (nSPS) is 15.0. The number of carbonyl (C=O) groups is 3. The van der Waals surface area contributed by atoms with Crippen molar-refractivity contribution in [1.29, 1.82) is 0 Å². The van der Waals surface area contributed by atoms with Gasteiger partial charge in [-0.2, -0.15) is 0 Å². The number of hydrogen-bond donors (Lipinski definition) is 1. The van der Waals surface area contributed by atoms with Crippen LogP contribution in [0.3, 0.4) is 0 Å². The molecule has 1 N–H and O–H groups in total. The van der Waals surface area contributed by atoms with Gasteiger partial charge in [-0.25, -0.2) is 0 Å². The highest BCUT2D eigenvalue weighted by atomic mass is 16.4.